The summed E-state index contributed by atoms with van der Waals surface area (Å²) in [6.07, 6.45) is 6.17. The maximum atomic E-state index is 12.1. The second-order valence-corrected chi connectivity index (χ2v) is 7.26. The van der Waals surface area contributed by atoms with Gasteiger partial charge in [-0.3, -0.25) is 14.4 Å². The van der Waals surface area contributed by atoms with Gasteiger partial charge in [-0.1, -0.05) is 25.7 Å². The Morgan fingerprint density at radius 3 is 2.60 bits per heavy atom. The summed E-state index contributed by atoms with van der Waals surface area (Å²) in [6.45, 7) is 0.426. The van der Waals surface area contributed by atoms with Crippen LogP contribution in [0.2, 0.25) is 0 Å². The third-order valence-corrected chi connectivity index (χ3v) is 5.26. The number of amides is 2. The van der Waals surface area contributed by atoms with Crippen LogP contribution in [-0.4, -0.2) is 35.5 Å². The summed E-state index contributed by atoms with van der Waals surface area (Å²) in [5.74, 6) is -1.59. The molecule has 6 nitrogen and oxygen atoms in total. The van der Waals surface area contributed by atoms with Crippen molar-refractivity contribution in [2.75, 3.05) is 6.54 Å². The lowest BCUT2D eigenvalue weighted by atomic mass is 9.86. The molecule has 2 unspecified atom stereocenters. The predicted molar refractivity (Wildman–Crippen MR) is 96.6 cm³/mol. The maximum absolute atomic E-state index is 12.1. The van der Waals surface area contributed by atoms with Gasteiger partial charge in [-0.25, -0.2) is 0 Å². The number of carbonyl (C=O) groups is 3. The standard InChI is InChI=1S/C18H26N2O4S/c21-16(8-5-10-19-17(22)13-9-11-25-12-13)20-15-7-4-2-1-3-6-14(15)18(23)24/h9,11-12,14-15H,1-8,10H2,(H,19,22)(H,20,21)(H,23,24). The van der Waals surface area contributed by atoms with Crippen LogP contribution in [0.15, 0.2) is 16.8 Å². The van der Waals surface area contributed by atoms with Gasteiger partial charge in [0.1, 0.15) is 0 Å². The van der Waals surface area contributed by atoms with Crippen molar-refractivity contribution in [3.8, 4) is 0 Å². The molecule has 25 heavy (non-hydrogen) atoms. The first-order valence-electron chi connectivity index (χ1n) is 8.90. The van der Waals surface area contributed by atoms with Gasteiger partial charge in [0.2, 0.25) is 5.91 Å². The Bertz CT molecular complexity index is 574. The normalized spacial score (nSPS) is 21.0. The first-order valence-corrected chi connectivity index (χ1v) is 9.85. The molecule has 138 valence electrons. The first kappa shape index (κ1) is 19.4. The Kier molecular flexibility index (Phi) is 7.91. The smallest absolute Gasteiger partial charge is 0.308 e. The molecule has 0 radical (unpaired) electrons. The topological polar surface area (TPSA) is 95.5 Å². The Balaban J connectivity index is 1.72. The molecule has 0 aromatic carbocycles. The zero-order valence-corrected chi connectivity index (χ0v) is 15.1. The number of carboxylic acid groups (broad SMARTS) is 1. The first-order chi connectivity index (χ1) is 12.1. The summed E-state index contributed by atoms with van der Waals surface area (Å²) in [6, 6.07) is 1.47. The van der Waals surface area contributed by atoms with Gasteiger partial charge in [0, 0.05) is 30.0 Å². The van der Waals surface area contributed by atoms with Gasteiger partial charge in [0.25, 0.3) is 5.91 Å². The molecule has 1 fully saturated rings. The van der Waals surface area contributed by atoms with Crippen LogP contribution in [0, 0.1) is 5.92 Å². The number of rotatable bonds is 7. The Morgan fingerprint density at radius 1 is 1.16 bits per heavy atom. The van der Waals surface area contributed by atoms with E-state index in [1.165, 1.54) is 11.3 Å². The molecule has 1 aromatic rings. The molecule has 0 saturated heterocycles. The summed E-state index contributed by atoms with van der Waals surface area (Å²) in [4.78, 5) is 35.4. The average Bonchev–Trinajstić information content (AvgIpc) is 3.08. The van der Waals surface area contributed by atoms with Crippen LogP contribution in [0.3, 0.4) is 0 Å². The number of thiophene rings is 1. The monoisotopic (exact) mass is 366 g/mol. The van der Waals surface area contributed by atoms with E-state index in [0.29, 0.717) is 24.9 Å². The number of hydrogen-bond donors (Lipinski definition) is 3. The minimum absolute atomic E-state index is 0.132. The van der Waals surface area contributed by atoms with Crippen molar-refractivity contribution in [3.05, 3.63) is 22.4 Å². The molecular formula is C18H26N2O4S. The summed E-state index contributed by atoms with van der Waals surface area (Å²) in [5.41, 5.74) is 0.633. The van der Waals surface area contributed by atoms with Gasteiger partial charge >= 0.3 is 5.97 Å². The molecule has 2 atom stereocenters. The van der Waals surface area contributed by atoms with Crippen LogP contribution >= 0.6 is 11.3 Å². The minimum atomic E-state index is -0.824. The van der Waals surface area contributed by atoms with E-state index >= 15 is 0 Å². The van der Waals surface area contributed by atoms with Crippen molar-refractivity contribution < 1.29 is 19.5 Å². The fourth-order valence-corrected chi connectivity index (χ4v) is 3.81. The lowest BCUT2D eigenvalue weighted by molar-refractivity contribution is -0.143. The second kappa shape index (κ2) is 10.2. The number of nitrogens with one attached hydrogen (secondary N) is 2. The largest absolute Gasteiger partial charge is 0.481 e. The molecule has 7 heteroatoms. The molecule has 1 heterocycles. The molecule has 1 aromatic heterocycles. The summed E-state index contributed by atoms with van der Waals surface area (Å²) in [5, 5.41) is 18.7. The minimum Gasteiger partial charge on any atom is -0.481 e. The zero-order chi connectivity index (χ0) is 18.1. The highest BCUT2D eigenvalue weighted by Gasteiger charge is 2.29. The molecule has 1 saturated carbocycles. The highest BCUT2D eigenvalue weighted by Crippen LogP contribution is 2.23. The predicted octanol–water partition coefficient (Wildman–Crippen LogP) is 2.80. The highest BCUT2D eigenvalue weighted by atomic mass is 32.1. The molecule has 0 bridgehead atoms. The van der Waals surface area contributed by atoms with Gasteiger partial charge in [0.05, 0.1) is 5.92 Å². The van der Waals surface area contributed by atoms with Crippen LogP contribution in [0.1, 0.15) is 61.7 Å². The summed E-state index contributed by atoms with van der Waals surface area (Å²) in [7, 11) is 0. The molecule has 1 aliphatic rings. The van der Waals surface area contributed by atoms with Crippen LogP contribution < -0.4 is 10.6 Å². The van der Waals surface area contributed by atoms with E-state index in [0.717, 1.165) is 32.1 Å². The van der Waals surface area contributed by atoms with E-state index in [1.54, 1.807) is 11.4 Å². The quantitative estimate of drug-likeness (QED) is 0.647. The lowest BCUT2D eigenvalue weighted by Crippen LogP contribution is -2.44. The van der Waals surface area contributed by atoms with Gasteiger partial charge in [0.15, 0.2) is 0 Å². The van der Waals surface area contributed by atoms with E-state index in [9.17, 15) is 19.5 Å². The van der Waals surface area contributed by atoms with Crippen molar-refractivity contribution in [3.63, 3.8) is 0 Å². The molecule has 0 aliphatic heterocycles. The number of carbonyl (C=O) groups excluding carboxylic acids is 2. The number of carboxylic acids is 1. The Labute approximate surface area is 152 Å². The Morgan fingerprint density at radius 2 is 1.92 bits per heavy atom. The van der Waals surface area contributed by atoms with Crippen molar-refractivity contribution in [1.82, 2.24) is 10.6 Å². The van der Waals surface area contributed by atoms with E-state index < -0.39 is 11.9 Å². The third kappa shape index (κ3) is 6.49. The van der Waals surface area contributed by atoms with E-state index in [2.05, 4.69) is 10.6 Å². The average molecular weight is 366 g/mol. The molecule has 2 amide bonds. The van der Waals surface area contributed by atoms with Gasteiger partial charge in [-0.05, 0) is 30.7 Å². The highest BCUT2D eigenvalue weighted by molar-refractivity contribution is 7.08. The van der Waals surface area contributed by atoms with E-state index in [4.69, 9.17) is 0 Å². The molecule has 0 spiro atoms. The molecular weight excluding hydrogens is 340 g/mol. The fraction of sp³-hybridized carbons (Fsp3) is 0.611. The fourth-order valence-electron chi connectivity index (χ4n) is 3.18. The van der Waals surface area contributed by atoms with Crippen LogP contribution in [0.4, 0.5) is 0 Å². The Hall–Kier alpha value is -1.89. The SMILES string of the molecule is O=C(CCCNC(=O)c1ccsc1)NC1CCCCCCC1C(=O)O. The molecule has 1 aliphatic carbocycles. The van der Waals surface area contributed by atoms with E-state index in [1.807, 2.05) is 5.38 Å². The number of hydrogen-bond acceptors (Lipinski definition) is 4. The second-order valence-electron chi connectivity index (χ2n) is 6.48. The molecule has 3 N–H and O–H groups in total. The van der Waals surface area contributed by atoms with Crippen molar-refractivity contribution in [1.29, 1.82) is 0 Å². The molecule has 2 rings (SSSR count). The zero-order valence-electron chi connectivity index (χ0n) is 14.3. The van der Waals surface area contributed by atoms with Crippen molar-refractivity contribution in [2.45, 2.75) is 57.4 Å². The van der Waals surface area contributed by atoms with Crippen molar-refractivity contribution >= 4 is 29.1 Å². The van der Waals surface area contributed by atoms with Crippen molar-refractivity contribution in [2.24, 2.45) is 5.92 Å². The maximum Gasteiger partial charge on any atom is 0.308 e. The lowest BCUT2D eigenvalue weighted by Gasteiger charge is -2.27. The van der Waals surface area contributed by atoms with Gasteiger partial charge in [-0.2, -0.15) is 11.3 Å². The van der Waals surface area contributed by atoms with Gasteiger partial charge in [-0.15, -0.1) is 0 Å². The van der Waals surface area contributed by atoms with Crippen LogP contribution in [-0.2, 0) is 9.59 Å². The van der Waals surface area contributed by atoms with Crippen LogP contribution in [0.5, 0.6) is 0 Å². The number of aliphatic carboxylic acids is 1. The third-order valence-electron chi connectivity index (χ3n) is 4.58. The van der Waals surface area contributed by atoms with Gasteiger partial charge < -0.3 is 15.7 Å². The summed E-state index contributed by atoms with van der Waals surface area (Å²) < 4.78 is 0. The van der Waals surface area contributed by atoms with Crippen LogP contribution in [0.25, 0.3) is 0 Å². The summed E-state index contributed by atoms with van der Waals surface area (Å²) >= 11 is 1.46. The van der Waals surface area contributed by atoms with E-state index in [-0.39, 0.29) is 24.3 Å².